The van der Waals surface area contributed by atoms with E-state index in [0.717, 1.165) is 0 Å². The predicted octanol–water partition coefficient (Wildman–Crippen LogP) is 6.05. The summed E-state index contributed by atoms with van der Waals surface area (Å²) in [6, 6.07) is 1.92. The van der Waals surface area contributed by atoms with Gasteiger partial charge in [0.05, 0.1) is 0 Å². The lowest BCUT2D eigenvalue weighted by Crippen LogP contribution is -2.51. The highest BCUT2D eigenvalue weighted by Crippen LogP contribution is 2.53. The molecule has 0 heterocycles. The minimum Gasteiger partial charge on any atom is -0.286 e. The van der Waals surface area contributed by atoms with Crippen LogP contribution in [0, 0.1) is 11.6 Å². The Morgan fingerprint density at radius 2 is 0.741 bits per heavy atom. The molecule has 0 saturated heterocycles. The van der Waals surface area contributed by atoms with Gasteiger partial charge in [-0.15, -0.1) is 0 Å². The molecule has 2 aromatic carbocycles. The van der Waals surface area contributed by atoms with Crippen LogP contribution in [-0.4, -0.2) is 12.4 Å². The van der Waals surface area contributed by atoms with Crippen LogP contribution in [0.3, 0.4) is 0 Å². The van der Waals surface area contributed by atoms with E-state index in [9.17, 15) is 43.9 Å². The maximum absolute atomic E-state index is 14.7. The van der Waals surface area contributed by atoms with E-state index in [1.165, 1.54) is 0 Å². The molecule has 0 radical (unpaired) electrons. The number of hydrogen-bond donors (Lipinski definition) is 0. The van der Waals surface area contributed by atoms with Gasteiger partial charge in [-0.05, 0) is 24.3 Å². The van der Waals surface area contributed by atoms with Crippen molar-refractivity contribution in [3.63, 3.8) is 0 Å². The molecule has 1 nitrogen and oxygen atoms in total. The maximum Gasteiger partial charge on any atom is 0.453 e. The van der Waals surface area contributed by atoms with Crippen molar-refractivity contribution in [2.24, 2.45) is 0 Å². The second-order valence-corrected chi connectivity index (χ2v) is 5.30. The van der Waals surface area contributed by atoms with E-state index in [2.05, 4.69) is 4.74 Å². The lowest BCUT2D eigenvalue weighted by molar-refractivity contribution is -0.447. The molecular formula is C16H8F10O. The highest BCUT2D eigenvalue weighted by Gasteiger charge is 2.69. The SMILES string of the molecule is Fc1ccc(C(F)(OC(F)(c2ccc(F)cc2)C(F)(F)F)C(F)(F)F)cc1. The van der Waals surface area contributed by atoms with E-state index in [1.807, 2.05) is 0 Å². The summed E-state index contributed by atoms with van der Waals surface area (Å²) in [5, 5.41) is 0. The van der Waals surface area contributed by atoms with Crippen LogP contribution >= 0.6 is 0 Å². The molecule has 0 saturated carbocycles. The molecule has 148 valence electrons. The van der Waals surface area contributed by atoms with Crippen molar-refractivity contribution in [2.45, 2.75) is 24.1 Å². The van der Waals surface area contributed by atoms with Crippen LogP contribution in [0.1, 0.15) is 11.1 Å². The Bertz CT molecular complexity index is 713. The number of alkyl halides is 8. The molecule has 2 atom stereocenters. The van der Waals surface area contributed by atoms with Crippen molar-refractivity contribution in [3.05, 3.63) is 71.3 Å². The third-order valence-electron chi connectivity index (χ3n) is 3.44. The Labute approximate surface area is 145 Å². The van der Waals surface area contributed by atoms with Gasteiger partial charge in [-0.1, -0.05) is 24.3 Å². The fourth-order valence-corrected chi connectivity index (χ4v) is 2.08. The number of benzene rings is 2. The van der Waals surface area contributed by atoms with Gasteiger partial charge in [0.2, 0.25) is 0 Å². The van der Waals surface area contributed by atoms with Gasteiger partial charge in [-0.2, -0.15) is 35.1 Å². The standard InChI is InChI=1S/C16H8F10O/c17-11-5-1-9(2-6-11)13(19,15(21,22)23)27-14(20,16(24,25)26)10-3-7-12(18)8-4-10/h1-8H. The summed E-state index contributed by atoms with van der Waals surface area (Å²) in [6.45, 7) is 0. The zero-order chi connectivity index (χ0) is 20.7. The quantitative estimate of drug-likeness (QED) is 0.562. The first-order valence-electron chi connectivity index (χ1n) is 6.94. The molecule has 0 aliphatic rings. The van der Waals surface area contributed by atoms with E-state index in [4.69, 9.17) is 0 Å². The average molecular weight is 406 g/mol. The van der Waals surface area contributed by atoms with Crippen molar-refractivity contribution < 1.29 is 48.6 Å². The summed E-state index contributed by atoms with van der Waals surface area (Å²) < 4.78 is 138. The third kappa shape index (κ3) is 3.87. The molecule has 2 aromatic rings. The summed E-state index contributed by atoms with van der Waals surface area (Å²) in [7, 11) is 0. The molecule has 0 bridgehead atoms. The summed E-state index contributed by atoms with van der Waals surface area (Å²) >= 11 is 0. The van der Waals surface area contributed by atoms with Gasteiger partial charge < -0.3 is 0 Å². The van der Waals surface area contributed by atoms with Crippen LogP contribution in [0.4, 0.5) is 43.9 Å². The molecular weight excluding hydrogens is 398 g/mol. The predicted molar refractivity (Wildman–Crippen MR) is 71.6 cm³/mol. The molecule has 0 aliphatic heterocycles. The average Bonchev–Trinajstić information content (AvgIpc) is 2.53. The molecule has 0 fully saturated rings. The van der Waals surface area contributed by atoms with Crippen molar-refractivity contribution in [3.8, 4) is 0 Å². The van der Waals surface area contributed by atoms with Gasteiger partial charge in [-0.3, -0.25) is 4.74 Å². The van der Waals surface area contributed by atoms with E-state index < -0.39 is 46.8 Å². The van der Waals surface area contributed by atoms with Gasteiger partial charge >= 0.3 is 24.1 Å². The Morgan fingerprint density at radius 3 is 0.963 bits per heavy atom. The van der Waals surface area contributed by atoms with Crippen molar-refractivity contribution >= 4 is 0 Å². The Hall–Kier alpha value is -2.30. The van der Waals surface area contributed by atoms with Gasteiger partial charge in [0, 0.05) is 11.1 Å². The Kier molecular flexibility index (Phi) is 5.21. The van der Waals surface area contributed by atoms with Gasteiger partial charge in [-0.25, -0.2) is 8.78 Å². The van der Waals surface area contributed by atoms with Crippen molar-refractivity contribution in [1.29, 1.82) is 0 Å². The molecule has 0 aromatic heterocycles. The number of halogens is 10. The molecule has 11 heteroatoms. The first kappa shape index (κ1) is 21.0. The number of rotatable bonds is 4. The number of hydrogen-bond acceptors (Lipinski definition) is 1. The van der Waals surface area contributed by atoms with E-state index >= 15 is 0 Å². The lowest BCUT2D eigenvalue weighted by atomic mass is 10.0. The maximum atomic E-state index is 14.7. The van der Waals surface area contributed by atoms with Gasteiger partial charge in [0.15, 0.2) is 0 Å². The van der Waals surface area contributed by atoms with Crippen LogP contribution < -0.4 is 0 Å². The second kappa shape index (κ2) is 6.70. The topological polar surface area (TPSA) is 9.23 Å². The van der Waals surface area contributed by atoms with Crippen LogP contribution in [0.15, 0.2) is 48.5 Å². The van der Waals surface area contributed by atoms with Crippen molar-refractivity contribution in [1.82, 2.24) is 0 Å². The van der Waals surface area contributed by atoms with E-state index in [0.29, 0.717) is 24.3 Å². The molecule has 0 aliphatic carbocycles. The van der Waals surface area contributed by atoms with Crippen LogP contribution in [0.2, 0.25) is 0 Å². The number of ether oxygens (including phenoxy) is 1. The summed E-state index contributed by atoms with van der Waals surface area (Å²) in [5.41, 5.74) is -3.24. The minimum absolute atomic E-state index is 0.157. The first-order chi connectivity index (χ1) is 12.2. The second-order valence-electron chi connectivity index (χ2n) is 5.30. The van der Waals surface area contributed by atoms with Gasteiger partial charge in [0.25, 0.3) is 0 Å². The van der Waals surface area contributed by atoms with Crippen LogP contribution in [-0.2, 0) is 16.4 Å². The smallest absolute Gasteiger partial charge is 0.286 e. The summed E-state index contributed by atoms with van der Waals surface area (Å²) in [5.74, 6) is -12.8. The first-order valence-corrected chi connectivity index (χ1v) is 6.94. The monoisotopic (exact) mass is 406 g/mol. The Morgan fingerprint density at radius 1 is 0.481 bits per heavy atom. The van der Waals surface area contributed by atoms with Crippen LogP contribution in [0.25, 0.3) is 0 Å². The third-order valence-corrected chi connectivity index (χ3v) is 3.44. The molecule has 0 amide bonds. The highest BCUT2D eigenvalue weighted by atomic mass is 19.4. The summed E-state index contributed by atoms with van der Waals surface area (Å²) in [4.78, 5) is 0. The largest absolute Gasteiger partial charge is 0.453 e. The molecule has 27 heavy (non-hydrogen) atoms. The zero-order valence-corrected chi connectivity index (χ0v) is 12.8. The van der Waals surface area contributed by atoms with E-state index in [-0.39, 0.29) is 24.3 Å². The summed E-state index contributed by atoms with van der Waals surface area (Å²) in [6.07, 6.45) is -12.3. The molecule has 2 rings (SSSR count). The normalized spacial score (nSPS) is 17.3. The molecule has 2 unspecified atom stereocenters. The zero-order valence-electron chi connectivity index (χ0n) is 12.8. The highest BCUT2D eigenvalue weighted by molar-refractivity contribution is 5.26. The van der Waals surface area contributed by atoms with Crippen LogP contribution in [0.5, 0.6) is 0 Å². The van der Waals surface area contributed by atoms with E-state index in [1.54, 1.807) is 0 Å². The minimum atomic E-state index is -6.17. The Balaban J connectivity index is 2.64. The fourth-order valence-electron chi connectivity index (χ4n) is 2.08. The lowest BCUT2D eigenvalue weighted by Gasteiger charge is -2.36. The van der Waals surface area contributed by atoms with Gasteiger partial charge in [0.1, 0.15) is 11.6 Å². The fraction of sp³-hybridized carbons (Fsp3) is 0.250. The molecule has 0 spiro atoms. The molecule has 0 N–H and O–H groups in total. The van der Waals surface area contributed by atoms with Crippen molar-refractivity contribution in [2.75, 3.05) is 0 Å².